The van der Waals surface area contributed by atoms with E-state index in [0.717, 1.165) is 5.56 Å². The van der Waals surface area contributed by atoms with Crippen LogP contribution in [0.2, 0.25) is 5.02 Å². The SMILES string of the molecule is COc1ccc(CN(C)C(=O)C#N)cc1Cl. The Morgan fingerprint density at radius 3 is 2.81 bits per heavy atom. The number of benzene rings is 1. The minimum absolute atomic E-state index is 0.343. The number of ether oxygens (including phenoxy) is 1. The van der Waals surface area contributed by atoms with Crippen molar-refractivity contribution in [2.45, 2.75) is 6.54 Å². The summed E-state index contributed by atoms with van der Waals surface area (Å²) in [6.07, 6.45) is 0. The molecule has 0 bridgehead atoms. The van der Waals surface area contributed by atoms with E-state index in [9.17, 15) is 4.79 Å². The summed E-state index contributed by atoms with van der Waals surface area (Å²) >= 11 is 5.93. The van der Waals surface area contributed by atoms with Crippen LogP contribution in [0.5, 0.6) is 5.75 Å². The minimum atomic E-state index is -0.577. The summed E-state index contributed by atoms with van der Waals surface area (Å²) in [6.45, 7) is 0.343. The van der Waals surface area contributed by atoms with Crippen LogP contribution in [0.3, 0.4) is 0 Å². The molecule has 1 aromatic rings. The van der Waals surface area contributed by atoms with Gasteiger partial charge in [0.05, 0.1) is 12.1 Å². The van der Waals surface area contributed by atoms with E-state index in [1.165, 1.54) is 12.0 Å². The molecular weight excluding hydrogens is 228 g/mol. The maximum Gasteiger partial charge on any atom is 0.325 e. The van der Waals surface area contributed by atoms with Crippen LogP contribution < -0.4 is 4.74 Å². The van der Waals surface area contributed by atoms with Crippen LogP contribution in [-0.4, -0.2) is 25.0 Å². The highest BCUT2D eigenvalue weighted by Crippen LogP contribution is 2.25. The van der Waals surface area contributed by atoms with Gasteiger partial charge in [0.1, 0.15) is 5.75 Å². The molecule has 16 heavy (non-hydrogen) atoms. The van der Waals surface area contributed by atoms with Crippen molar-refractivity contribution in [1.82, 2.24) is 4.90 Å². The fourth-order valence-corrected chi connectivity index (χ4v) is 1.52. The van der Waals surface area contributed by atoms with Crippen LogP contribution in [0.15, 0.2) is 18.2 Å². The summed E-state index contributed by atoms with van der Waals surface area (Å²) < 4.78 is 5.01. The number of carbonyl (C=O) groups is 1. The summed E-state index contributed by atoms with van der Waals surface area (Å²) in [5.41, 5.74) is 0.844. The van der Waals surface area contributed by atoms with Gasteiger partial charge in [0.2, 0.25) is 0 Å². The van der Waals surface area contributed by atoms with Crippen LogP contribution in [0.4, 0.5) is 0 Å². The second-order valence-electron chi connectivity index (χ2n) is 3.24. The summed E-state index contributed by atoms with van der Waals surface area (Å²) in [6, 6.07) is 6.78. The van der Waals surface area contributed by atoms with Crippen molar-refractivity contribution >= 4 is 17.5 Å². The lowest BCUT2D eigenvalue weighted by Crippen LogP contribution is -2.24. The number of rotatable bonds is 3. The Morgan fingerprint density at radius 1 is 1.62 bits per heavy atom. The summed E-state index contributed by atoms with van der Waals surface area (Å²) in [7, 11) is 3.09. The lowest BCUT2D eigenvalue weighted by atomic mass is 10.2. The number of carbonyl (C=O) groups excluding carboxylic acids is 1. The van der Waals surface area contributed by atoms with Gasteiger partial charge in [-0.2, -0.15) is 5.26 Å². The first-order valence-corrected chi connectivity index (χ1v) is 4.94. The van der Waals surface area contributed by atoms with E-state index in [-0.39, 0.29) is 0 Å². The van der Waals surface area contributed by atoms with Crippen LogP contribution in [0.25, 0.3) is 0 Å². The smallest absolute Gasteiger partial charge is 0.325 e. The van der Waals surface area contributed by atoms with Gasteiger partial charge in [-0.15, -0.1) is 0 Å². The summed E-state index contributed by atoms with van der Waals surface area (Å²) in [5, 5.41) is 8.92. The fraction of sp³-hybridized carbons (Fsp3) is 0.273. The molecule has 4 nitrogen and oxygen atoms in total. The van der Waals surface area contributed by atoms with E-state index in [0.29, 0.717) is 17.3 Å². The minimum Gasteiger partial charge on any atom is -0.495 e. The van der Waals surface area contributed by atoms with E-state index in [4.69, 9.17) is 21.6 Å². The third-order valence-electron chi connectivity index (χ3n) is 2.08. The van der Waals surface area contributed by atoms with E-state index in [2.05, 4.69) is 0 Å². The molecule has 0 radical (unpaired) electrons. The number of hydrogen-bond acceptors (Lipinski definition) is 3. The van der Waals surface area contributed by atoms with Gasteiger partial charge in [-0.1, -0.05) is 17.7 Å². The molecule has 0 aliphatic rings. The number of hydrogen-bond donors (Lipinski definition) is 0. The van der Waals surface area contributed by atoms with Crippen molar-refractivity contribution in [3.8, 4) is 11.8 Å². The zero-order valence-electron chi connectivity index (χ0n) is 9.03. The molecule has 0 aliphatic carbocycles. The number of halogens is 1. The predicted octanol–water partition coefficient (Wildman–Crippen LogP) is 1.83. The highest BCUT2D eigenvalue weighted by atomic mass is 35.5. The van der Waals surface area contributed by atoms with Crippen molar-refractivity contribution in [2.24, 2.45) is 0 Å². The molecule has 0 aliphatic heterocycles. The Bertz CT molecular complexity index is 440. The van der Waals surface area contributed by atoms with Crippen molar-refractivity contribution in [2.75, 3.05) is 14.2 Å². The van der Waals surface area contributed by atoms with E-state index in [1.807, 2.05) is 0 Å². The first kappa shape index (κ1) is 12.3. The van der Waals surface area contributed by atoms with Gasteiger partial charge >= 0.3 is 5.91 Å². The average Bonchev–Trinajstić information content (AvgIpc) is 2.28. The molecule has 0 atom stereocenters. The molecule has 84 valence electrons. The quantitative estimate of drug-likeness (QED) is 0.755. The largest absolute Gasteiger partial charge is 0.495 e. The molecule has 1 aromatic carbocycles. The first-order valence-electron chi connectivity index (χ1n) is 4.56. The fourth-order valence-electron chi connectivity index (χ4n) is 1.24. The molecule has 0 N–H and O–H groups in total. The van der Waals surface area contributed by atoms with Gasteiger partial charge in [0.25, 0.3) is 0 Å². The Kier molecular flexibility index (Phi) is 4.15. The molecule has 0 saturated carbocycles. The Balaban J connectivity index is 2.80. The Labute approximate surface area is 99.0 Å². The lowest BCUT2D eigenvalue weighted by Gasteiger charge is -2.13. The first-order chi connectivity index (χ1) is 7.58. The third-order valence-corrected chi connectivity index (χ3v) is 2.37. The molecule has 0 aromatic heterocycles. The molecule has 0 heterocycles. The van der Waals surface area contributed by atoms with Gasteiger partial charge in [0.15, 0.2) is 6.07 Å². The normalized spacial score (nSPS) is 9.38. The molecular formula is C11H11ClN2O2. The van der Waals surface area contributed by atoms with E-state index >= 15 is 0 Å². The number of methoxy groups -OCH3 is 1. The van der Waals surface area contributed by atoms with Crippen molar-refractivity contribution in [3.63, 3.8) is 0 Å². The molecule has 0 saturated heterocycles. The van der Waals surface area contributed by atoms with Crippen LogP contribution in [-0.2, 0) is 11.3 Å². The highest BCUT2D eigenvalue weighted by molar-refractivity contribution is 6.32. The van der Waals surface area contributed by atoms with Gasteiger partial charge in [-0.05, 0) is 17.7 Å². The molecule has 0 spiro atoms. The highest BCUT2D eigenvalue weighted by Gasteiger charge is 2.09. The maximum atomic E-state index is 11.0. The molecule has 1 rings (SSSR count). The van der Waals surface area contributed by atoms with Crippen molar-refractivity contribution in [3.05, 3.63) is 28.8 Å². The number of amides is 1. The second-order valence-corrected chi connectivity index (χ2v) is 3.65. The molecule has 1 amide bonds. The Morgan fingerprint density at radius 2 is 2.31 bits per heavy atom. The zero-order valence-corrected chi connectivity index (χ0v) is 9.78. The van der Waals surface area contributed by atoms with Gasteiger partial charge in [-0.25, -0.2) is 0 Å². The van der Waals surface area contributed by atoms with Gasteiger partial charge < -0.3 is 9.64 Å². The lowest BCUT2D eigenvalue weighted by molar-refractivity contribution is -0.124. The predicted molar refractivity (Wildman–Crippen MR) is 60.1 cm³/mol. The topological polar surface area (TPSA) is 53.3 Å². The number of nitriles is 1. The zero-order chi connectivity index (χ0) is 12.1. The van der Waals surface area contributed by atoms with Crippen LogP contribution in [0, 0.1) is 11.3 Å². The van der Waals surface area contributed by atoms with E-state index in [1.54, 1.807) is 31.3 Å². The third kappa shape index (κ3) is 2.88. The molecule has 0 fully saturated rings. The second kappa shape index (κ2) is 5.38. The van der Waals surface area contributed by atoms with Gasteiger partial charge in [0, 0.05) is 13.6 Å². The molecule has 0 unspecified atom stereocenters. The van der Waals surface area contributed by atoms with E-state index < -0.39 is 5.91 Å². The summed E-state index contributed by atoms with van der Waals surface area (Å²) in [4.78, 5) is 12.3. The van der Waals surface area contributed by atoms with Crippen molar-refractivity contribution in [1.29, 1.82) is 5.26 Å². The Hall–Kier alpha value is -1.73. The van der Waals surface area contributed by atoms with Crippen LogP contribution in [0.1, 0.15) is 5.56 Å². The van der Waals surface area contributed by atoms with Crippen molar-refractivity contribution < 1.29 is 9.53 Å². The molecule has 5 heteroatoms. The maximum absolute atomic E-state index is 11.0. The summed E-state index contributed by atoms with van der Waals surface area (Å²) in [5.74, 6) is 0.00613. The van der Waals surface area contributed by atoms with Crippen LogP contribution >= 0.6 is 11.6 Å². The standard InChI is InChI=1S/C11H11ClN2O2/c1-14(11(15)6-13)7-8-3-4-10(16-2)9(12)5-8/h3-5H,7H2,1-2H3. The van der Waals surface area contributed by atoms with Gasteiger partial charge in [-0.3, -0.25) is 4.79 Å². The number of nitrogens with zero attached hydrogens (tertiary/aromatic N) is 2. The monoisotopic (exact) mass is 238 g/mol. The average molecular weight is 239 g/mol.